The van der Waals surface area contributed by atoms with Gasteiger partial charge in [0.1, 0.15) is 17.5 Å². The number of Topliss-reactive ketones (excluding diaryl/α,β-unsaturated/α-hetero) is 1. The summed E-state index contributed by atoms with van der Waals surface area (Å²) >= 11 is 1.36. The fourth-order valence-corrected chi connectivity index (χ4v) is 10.2. The van der Waals surface area contributed by atoms with Crippen LogP contribution in [0.2, 0.25) is 0 Å². The second-order valence-corrected chi connectivity index (χ2v) is 19.6. The molecule has 0 amide bonds. The number of allylic oxidation sites excluding steroid dienone is 1. The van der Waals surface area contributed by atoms with Gasteiger partial charge in [-0.15, -0.1) is 11.8 Å². The number of cyclic esters (lactones) is 1. The summed E-state index contributed by atoms with van der Waals surface area (Å²) < 4.78 is 68.0. The van der Waals surface area contributed by atoms with E-state index in [2.05, 4.69) is 0 Å². The van der Waals surface area contributed by atoms with E-state index in [9.17, 15) is 24.0 Å². The van der Waals surface area contributed by atoms with Crippen LogP contribution in [0.15, 0.2) is 48.1 Å². The molecule has 4 rings (SSSR count). The zero-order valence-corrected chi connectivity index (χ0v) is 42.8. The van der Waals surface area contributed by atoms with Crippen molar-refractivity contribution in [2.45, 2.75) is 180 Å². The molecule has 15 atom stereocenters. The largest absolute Gasteiger partial charge is 0.497 e. The minimum absolute atomic E-state index is 0.0171. The predicted molar refractivity (Wildman–Crippen MR) is 249 cm³/mol. The van der Waals surface area contributed by atoms with E-state index in [0.29, 0.717) is 11.3 Å². The van der Waals surface area contributed by atoms with Gasteiger partial charge in [-0.25, -0.2) is 0 Å². The summed E-state index contributed by atoms with van der Waals surface area (Å²) in [6, 6.07) is 7.53. The highest BCUT2D eigenvalue weighted by Crippen LogP contribution is 2.42. The molecular weight excluding hydrogens is 889 g/mol. The number of rotatable bonds is 15. The predicted octanol–water partition coefficient (Wildman–Crippen LogP) is 7.26. The summed E-state index contributed by atoms with van der Waals surface area (Å²) in [5, 5.41) is 0. The molecule has 17 heteroatoms. The van der Waals surface area contributed by atoms with E-state index < -0.39 is 114 Å². The van der Waals surface area contributed by atoms with E-state index in [1.165, 1.54) is 39.8 Å². The van der Waals surface area contributed by atoms with Crippen molar-refractivity contribution in [3.63, 3.8) is 0 Å². The van der Waals surface area contributed by atoms with Gasteiger partial charge in [-0.1, -0.05) is 39.0 Å². The lowest BCUT2D eigenvalue weighted by Gasteiger charge is -2.49. The first-order valence-electron chi connectivity index (χ1n) is 23.0. The molecule has 0 saturated carbocycles. The summed E-state index contributed by atoms with van der Waals surface area (Å²) in [6.45, 7) is 20.1. The zero-order valence-electron chi connectivity index (χ0n) is 41.9. The molecule has 3 heterocycles. The quantitative estimate of drug-likeness (QED) is 0.0970. The van der Waals surface area contributed by atoms with E-state index >= 15 is 0 Å². The lowest BCUT2D eigenvalue weighted by molar-refractivity contribution is -0.311. The molecule has 3 aliphatic heterocycles. The number of thioether (sulfide) groups is 1. The fraction of sp³-hybridized carbons (Fsp3) is 0.700. The maximum atomic E-state index is 14.8. The van der Waals surface area contributed by atoms with Crippen molar-refractivity contribution in [3.05, 3.63) is 53.6 Å². The lowest BCUT2D eigenvalue weighted by Crippen LogP contribution is -2.60. The number of ketones is 1. The third-order valence-electron chi connectivity index (χ3n) is 13.0. The minimum atomic E-state index is -1.58. The van der Waals surface area contributed by atoms with Crippen molar-refractivity contribution in [2.75, 3.05) is 27.1 Å². The average molecular weight is 963 g/mol. The van der Waals surface area contributed by atoms with Crippen LogP contribution < -0.4 is 4.74 Å². The first-order chi connectivity index (χ1) is 31.4. The first kappa shape index (κ1) is 55.8. The van der Waals surface area contributed by atoms with Gasteiger partial charge in [0.2, 0.25) is 0 Å². The van der Waals surface area contributed by atoms with E-state index in [1.807, 2.05) is 38.1 Å². The Morgan fingerprint density at radius 3 is 2.03 bits per heavy atom. The summed E-state index contributed by atoms with van der Waals surface area (Å²) in [5.74, 6) is -3.89. The highest BCUT2D eigenvalue weighted by atomic mass is 32.2. The maximum absolute atomic E-state index is 14.8. The number of ether oxygens (including phenoxy) is 11. The monoisotopic (exact) mass is 962 g/mol. The number of carbonyl (C=O) groups excluding carboxylic acids is 5. The van der Waals surface area contributed by atoms with E-state index in [-0.39, 0.29) is 30.8 Å². The van der Waals surface area contributed by atoms with Crippen molar-refractivity contribution in [1.82, 2.24) is 0 Å². The molecular formula is C50H74O16S. The molecule has 0 radical (unpaired) electrons. The normalized spacial score (nSPS) is 37.3. The molecule has 0 N–H and O–H groups in total. The standard InChI is InChI=1S/C50H74O16S/c1-16-39-48(10,66-40(53)27-67-26-36-18-20-37(56-13)21-19-36)23-28(2)42(54)29(3)24-49(11,57-14)44(65-47-38(61-34(8)51)22-17-30(4)59-47)31(5)43(32(6)46(55)63-39)64-41-25-50(12,58-15)45(33(7)60-41)62-35(9)52/h17-23,29-33,38-39,41,43-45,47H,16,24-27H2,1-15H3/b28-23+/t29-,30-,31+,32-,33+,38-,39-,41+,43+,44-,45+,47+,48+,49-,50-/m1/s1. The summed E-state index contributed by atoms with van der Waals surface area (Å²) in [7, 11) is 4.61. The zero-order chi connectivity index (χ0) is 50.0. The van der Waals surface area contributed by atoms with Gasteiger partial charge in [-0.2, -0.15) is 0 Å². The second kappa shape index (κ2) is 24.1. The van der Waals surface area contributed by atoms with Crippen LogP contribution in [0, 0.1) is 17.8 Å². The van der Waals surface area contributed by atoms with Gasteiger partial charge in [-0.05, 0) is 96.7 Å². The highest BCUT2D eigenvalue weighted by Gasteiger charge is 2.53. The van der Waals surface area contributed by atoms with Crippen molar-refractivity contribution in [3.8, 4) is 5.75 Å². The molecule has 1 fully saturated rings. The van der Waals surface area contributed by atoms with E-state index in [1.54, 1.807) is 80.7 Å². The van der Waals surface area contributed by atoms with E-state index in [0.717, 1.165) is 11.3 Å². The summed E-state index contributed by atoms with van der Waals surface area (Å²) in [5.41, 5.74) is -2.67. The fourth-order valence-electron chi connectivity index (χ4n) is 9.41. The SMILES string of the molecule is CC[C@H]1OC(=O)[C@H](C)[C@@H](O[C@H]2C[C@@](C)(OC)[C@@H](OC(C)=O)[C@H](C)O2)[C@H](C)[C@@H](O[C@@H]2O[C@H](C)C=C[C@H]2OC(C)=O)[C@](C)(OC)C[C@@H](C)C(=O)/C(C)=C/[C@]1(C)OC(=O)CSCc1ccc(OC)cc1. The lowest BCUT2D eigenvalue weighted by atomic mass is 9.76. The van der Waals surface area contributed by atoms with Crippen molar-refractivity contribution >= 4 is 41.4 Å². The smallest absolute Gasteiger partial charge is 0.316 e. The molecule has 16 nitrogen and oxygen atoms in total. The van der Waals surface area contributed by atoms with Gasteiger partial charge in [0.25, 0.3) is 0 Å². The molecule has 0 unspecified atom stereocenters. The summed E-state index contributed by atoms with van der Waals surface area (Å²) in [6.07, 6.45) is -2.74. The van der Waals surface area contributed by atoms with Crippen molar-refractivity contribution in [2.24, 2.45) is 17.8 Å². The Labute approximate surface area is 400 Å². The van der Waals surface area contributed by atoms with Crippen molar-refractivity contribution in [1.29, 1.82) is 0 Å². The van der Waals surface area contributed by atoms with Crippen LogP contribution in [-0.4, -0.2) is 129 Å². The van der Waals surface area contributed by atoms with Crippen molar-refractivity contribution < 1.29 is 76.1 Å². The number of hydrogen-bond donors (Lipinski definition) is 0. The molecule has 376 valence electrons. The van der Waals surface area contributed by atoms with Crippen LogP contribution in [0.25, 0.3) is 0 Å². The van der Waals surface area contributed by atoms with Gasteiger partial charge < -0.3 is 52.1 Å². The minimum Gasteiger partial charge on any atom is -0.497 e. The number of methoxy groups -OCH3 is 3. The summed E-state index contributed by atoms with van der Waals surface area (Å²) in [4.78, 5) is 67.6. The average Bonchev–Trinajstić information content (AvgIpc) is 3.27. The van der Waals surface area contributed by atoms with Crippen LogP contribution in [0.4, 0.5) is 0 Å². The van der Waals surface area contributed by atoms with Gasteiger partial charge in [0, 0.05) is 52.1 Å². The Bertz CT molecular complexity index is 1920. The molecule has 1 aromatic carbocycles. The van der Waals surface area contributed by atoms with Gasteiger partial charge in [-0.3, -0.25) is 24.0 Å². The Hall–Kier alpha value is -3.84. The molecule has 3 aliphatic rings. The van der Waals surface area contributed by atoms with Crippen LogP contribution in [-0.2, 0) is 77.1 Å². The van der Waals surface area contributed by atoms with Crippen LogP contribution >= 0.6 is 11.8 Å². The number of esters is 4. The topological polar surface area (TPSA) is 187 Å². The molecule has 67 heavy (non-hydrogen) atoms. The van der Waals surface area contributed by atoms with Crippen LogP contribution in [0.3, 0.4) is 0 Å². The van der Waals surface area contributed by atoms with Gasteiger partial charge in [0.15, 0.2) is 36.2 Å². The van der Waals surface area contributed by atoms with Crippen LogP contribution in [0.5, 0.6) is 5.75 Å². The third-order valence-corrected chi connectivity index (χ3v) is 14.0. The Balaban J connectivity index is 1.82. The number of benzene rings is 1. The van der Waals surface area contributed by atoms with Gasteiger partial charge in [0.05, 0.1) is 48.8 Å². The Morgan fingerprint density at radius 2 is 1.45 bits per heavy atom. The molecule has 1 aromatic rings. The number of carbonyl (C=O) groups is 5. The number of hydrogen-bond acceptors (Lipinski definition) is 17. The second-order valence-electron chi connectivity index (χ2n) is 18.6. The molecule has 0 aromatic heterocycles. The molecule has 0 spiro atoms. The highest BCUT2D eigenvalue weighted by molar-refractivity contribution is 7.99. The maximum Gasteiger partial charge on any atom is 0.316 e. The molecule has 1 saturated heterocycles. The molecule has 0 aliphatic carbocycles. The Kier molecular flexibility index (Phi) is 20.1. The molecule has 0 bridgehead atoms. The van der Waals surface area contributed by atoms with Crippen LogP contribution in [0.1, 0.15) is 108 Å². The first-order valence-corrected chi connectivity index (χ1v) is 24.2. The van der Waals surface area contributed by atoms with E-state index in [4.69, 9.17) is 52.1 Å². The Morgan fingerprint density at radius 1 is 0.821 bits per heavy atom. The third kappa shape index (κ3) is 14.4. The van der Waals surface area contributed by atoms with Gasteiger partial charge >= 0.3 is 23.9 Å².